The molecule has 1 aliphatic carbocycles. The largest absolute Gasteiger partial charge is 0.522 e. The Morgan fingerprint density at radius 1 is 0.955 bits per heavy atom. The fourth-order valence-corrected chi connectivity index (χ4v) is 5.45. The summed E-state index contributed by atoms with van der Waals surface area (Å²) in [5.41, 5.74) is -0.543. The van der Waals surface area contributed by atoms with Gasteiger partial charge >= 0.3 is 6.36 Å². The van der Waals surface area contributed by atoms with Gasteiger partial charge in [-0.25, -0.2) is 0 Å². The molecular formula is C22H21B11F3N3O5. The zero-order valence-corrected chi connectivity index (χ0v) is 23.9. The number of nitrogens with zero attached hydrogens (tertiary/aromatic N) is 1. The van der Waals surface area contributed by atoms with Gasteiger partial charge in [-0.1, -0.05) is 0 Å². The molecule has 3 atom stereocenters. The summed E-state index contributed by atoms with van der Waals surface area (Å²) < 4.78 is 41.6. The van der Waals surface area contributed by atoms with Gasteiger partial charge in [-0.3, -0.25) is 23.9 Å². The van der Waals surface area contributed by atoms with Crippen LogP contribution in [-0.2, 0) is 23.9 Å². The first-order chi connectivity index (χ1) is 19.7. The number of hydrogen-bond acceptors (Lipinski definition) is 5. The van der Waals surface area contributed by atoms with E-state index in [1.54, 1.807) is 0 Å². The molecule has 2 heterocycles. The summed E-state index contributed by atoms with van der Waals surface area (Å²) in [5, 5.41) is -9.06. The lowest BCUT2D eigenvalue weighted by molar-refractivity contribution is -0.321. The monoisotopic (exact) mass is 585 g/mol. The van der Waals surface area contributed by atoms with E-state index >= 15 is 0 Å². The molecule has 0 bridgehead atoms. The SMILES string of the molecule is [B]C([B])([B])C([B])([B])C([B])([B])C([B])([B])C([B])([B])C(=O)N1CC2(CC2)C[C@H]1C(=O)N[C@@H](C[C@@H]1CCNC1=O)C(=O)COC(F)(F)F. The van der Waals surface area contributed by atoms with E-state index in [0.717, 1.165) is 4.90 Å². The molecule has 0 unspecified atom stereocenters. The third-order valence-electron chi connectivity index (χ3n) is 8.92. The molecule has 8 nitrogen and oxygen atoms in total. The standard InChI is InChI=1S/C22H21B11F3N3O5/c23-17(24,18(25,26)19(27,28)20(29,30)21(31,32)33)15(43)39-8-16(2-3-16)6-11(39)14(42)38-10(5-9-1-4-37-13(9)41)12(40)7-44-22(34,35)36/h9-11H,1-8H2,(H,37,41)(H,38,42)/t9-,10-,11-/m0/s1. The van der Waals surface area contributed by atoms with Crippen molar-refractivity contribution in [1.29, 1.82) is 0 Å². The lowest BCUT2D eigenvalue weighted by Crippen LogP contribution is -2.59. The highest BCUT2D eigenvalue weighted by Gasteiger charge is 2.60. The maximum Gasteiger partial charge on any atom is 0.522 e. The summed E-state index contributed by atoms with van der Waals surface area (Å²) in [6, 6.07) is -2.95. The van der Waals surface area contributed by atoms with Crippen molar-refractivity contribution in [2.45, 2.75) is 76.5 Å². The van der Waals surface area contributed by atoms with Crippen molar-refractivity contribution in [1.82, 2.24) is 15.5 Å². The summed E-state index contributed by atoms with van der Waals surface area (Å²) in [4.78, 5) is 53.3. The Balaban J connectivity index is 1.90. The highest BCUT2D eigenvalue weighted by Crippen LogP contribution is 2.69. The number of ether oxygens (including phenoxy) is 1. The number of nitrogens with one attached hydrogen (secondary N) is 2. The number of halogens is 3. The predicted molar refractivity (Wildman–Crippen MR) is 163 cm³/mol. The van der Waals surface area contributed by atoms with Crippen molar-refractivity contribution in [3.63, 3.8) is 0 Å². The molecule has 2 saturated heterocycles. The lowest BCUT2D eigenvalue weighted by atomic mass is 9.05. The van der Waals surface area contributed by atoms with Crippen LogP contribution < -0.4 is 10.6 Å². The molecule has 0 aromatic heterocycles. The van der Waals surface area contributed by atoms with E-state index in [9.17, 15) is 32.3 Å². The van der Waals surface area contributed by atoms with Gasteiger partial charge in [-0.15, -0.1) is 33.9 Å². The Morgan fingerprint density at radius 3 is 1.98 bits per heavy atom. The second kappa shape index (κ2) is 12.0. The van der Waals surface area contributed by atoms with Crippen LogP contribution in [0.5, 0.6) is 0 Å². The van der Waals surface area contributed by atoms with E-state index < -0.39 is 85.9 Å². The molecule has 3 rings (SSSR count). The predicted octanol–water partition coefficient (Wildman–Crippen LogP) is -3.12. The molecule has 2 aliphatic heterocycles. The lowest BCUT2D eigenvalue weighted by Gasteiger charge is -2.66. The van der Waals surface area contributed by atoms with E-state index in [4.69, 9.17) is 86.3 Å². The van der Waals surface area contributed by atoms with Crippen molar-refractivity contribution in [3.05, 3.63) is 0 Å². The normalized spacial score (nSPS) is 23.2. The molecule has 1 spiro atoms. The van der Waals surface area contributed by atoms with Crippen molar-refractivity contribution in [3.8, 4) is 0 Å². The van der Waals surface area contributed by atoms with E-state index in [2.05, 4.69) is 15.4 Å². The quantitative estimate of drug-likeness (QED) is 0.237. The number of alkyl halides is 3. The molecule has 208 valence electrons. The Hall–Kier alpha value is -1.46. The Morgan fingerprint density at radius 2 is 1.52 bits per heavy atom. The number of Topliss-reactive ketones (excluding diaryl/α,β-unsaturated/α-hetero) is 1. The minimum absolute atomic E-state index is 0.0539. The van der Waals surface area contributed by atoms with Gasteiger partial charge in [-0.05, 0) is 42.7 Å². The maximum absolute atomic E-state index is 13.9. The van der Waals surface area contributed by atoms with Gasteiger partial charge in [0.15, 0.2) is 5.78 Å². The minimum Gasteiger partial charge on any atom is -0.356 e. The number of hydrogen-bond donors (Lipinski definition) is 2. The number of carbonyl (C=O) groups is 4. The zero-order chi connectivity index (χ0) is 33.9. The molecule has 0 aromatic carbocycles. The first-order valence-corrected chi connectivity index (χ1v) is 13.5. The summed E-state index contributed by atoms with van der Waals surface area (Å²) in [6.45, 7) is -1.24. The first kappa shape index (κ1) is 37.0. The molecule has 44 heavy (non-hydrogen) atoms. The van der Waals surface area contributed by atoms with E-state index in [0.29, 0.717) is 12.8 Å². The van der Waals surface area contributed by atoms with Gasteiger partial charge < -0.3 is 15.5 Å². The molecule has 22 heteroatoms. The average Bonchev–Trinajstić information content (AvgIpc) is 3.34. The van der Waals surface area contributed by atoms with Gasteiger partial charge in [0.05, 0.1) is 68.8 Å². The first-order valence-electron chi connectivity index (χ1n) is 13.5. The van der Waals surface area contributed by atoms with E-state index in [1.165, 1.54) is 0 Å². The van der Waals surface area contributed by atoms with Crippen LogP contribution in [0, 0.1) is 11.3 Å². The zero-order valence-electron chi connectivity index (χ0n) is 23.9. The van der Waals surface area contributed by atoms with Crippen LogP contribution in [0.2, 0.25) is 26.0 Å². The molecule has 3 aliphatic rings. The summed E-state index contributed by atoms with van der Waals surface area (Å²) in [6.07, 6.45) is -3.96. The maximum atomic E-state index is 13.9. The summed E-state index contributed by atoms with van der Waals surface area (Å²) in [7, 11) is 65.3. The van der Waals surface area contributed by atoms with Crippen LogP contribution in [0.25, 0.3) is 0 Å². The molecule has 3 amide bonds. The second-order valence-electron chi connectivity index (χ2n) is 12.3. The third-order valence-corrected chi connectivity index (χ3v) is 8.92. The Kier molecular flexibility index (Phi) is 10.1. The van der Waals surface area contributed by atoms with Crippen molar-refractivity contribution < 1.29 is 37.1 Å². The van der Waals surface area contributed by atoms with Crippen LogP contribution in [0.15, 0.2) is 0 Å². The van der Waals surface area contributed by atoms with Crippen molar-refractivity contribution in [2.24, 2.45) is 11.3 Å². The van der Waals surface area contributed by atoms with Gasteiger partial charge in [0.2, 0.25) is 17.7 Å². The van der Waals surface area contributed by atoms with Crippen molar-refractivity contribution >= 4 is 110 Å². The van der Waals surface area contributed by atoms with Crippen LogP contribution in [-0.4, -0.2) is 153 Å². The number of amides is 3. The molecule has 0 aromatic rings. The van der Waals surface area contributed by atoms with Crippen LogP contribution >= 0.6 is 0 Å². The second-order valence-corrected chi connectivity index (χ2v) is 12.3. The Labute approximate surface area is 269 Å². The average molecular weight is 583 g/mol. The minimum atomic E-state index is -5.13. The number of likely N-dealkylation sites (tertiary alicyclic amines) is 1. The number of ketones is 1. The van der Waals surface area contributed by atoms with Crippen LogP contribution in [0.1, 0.15) is 32.1 Å². The van der Waals surface area contributed by atoms with Gasteiger partial charge in [-0.2, -0.15) is 0 Å². The summed E-state index contributed by atoms with van der Waals surface area (Å²) in [5.74, 6) is -4.59. The van der Waals surface area contributed by atoms with Gasteiger partial charge in [0.25, 0.3) is 0 Å². The smallest absolute Gasteiger partial charge is 0.356 e. The summed E-state index contributed by atoms with van der Waals surface area (Å²) >= 11 is 0. The Bertz CT molecular complexity index is 1180. The highest BCUT2D eigenvalue weighted by molar-refractivity contribution is 6.74. The van der Waals surface area contributed by atoms with Crippen molar-refractivity contribution in [2.75, 3.05) is 19.7 Å². The number of rotatable bonds is 12. The fraction of sp³-hybridized carbons (Fsp3) is 0.818. The molecule has 2 N–H and O–H groups in total. The molecule has 22 radical (unpaired) electrons. The third kappa shape index (κ3) is 6.95. The molecule has 1 saturated carbocycles. The van der Waals surface area contributed by atoms with E-state index in [1.807, 2.05) is 0 Å². The fourth-order valence-electron chi connectivity index (χ4n) is 5.45. The topological polar surface area (TPSA) is 105 Å². The van der Waals surface area contributed by atoms with E-state index in [-0.39, 0.29) is 32.4 Å². The highest BCUT2D eigenvalue weighted by atomic mass is 19.4. The molecular weight excluding hydrogens is 562 g/mol. The van der Waals surface area contributed by atoms with Crippen LogP contribution in [0.3, 0.4) is 0 Å². The van der Waals surface area contributed by atoms with Gasteiger partial charge in [0.1, 0.15) is 12.6 Å². The van der Waals surface area contributed by atoms with Gasteiger partial charge in [0, 0.05) is 42.5 Å². The number of carbonyl (C=O) groups excluding carboxylic acids is 4. The molecule has 3 fully saturated rings. The van der Waals surface area contributed by atoms with Crippen LogP contribution in [0.4, 0.5) is 13.2 Å².